The molecule has 0 radical (unpaired) electrons. The molecule has 0 saturated carbocycles. The van der Waals surface area contributed by atoms with Gasteiger partial charge in [0, 0.05) is 19.2 Å². The molecular formula is C13H17N3O2. The minimum Gasteiger partial charge on any atom is -0.491 e. The van der Waals surface area contributed by atoms with E-state index in [0.717, 1.165) is 22.7 Å². The Labute approximate surface area is 106 Å². The van der Waals surface area contributed by atoms with Gasteiger partial charge in [-0.05, 0) is 24.3 Å². The van der Waals surface area contributed by atoms with Gasteiger partial charge in [0.2, 0.25) is 0 Å². The van der Waals surface area contributed by atoms with Crippen LogP contribution in [-0.2, 0) is 11.3 Å². The van der Waals surface area contributed by atoms with Crippen molar-refractivity contribution in [2.45, 2.75) is 6.54 Å². The van der Waals surface area contributed by atoms with E-state index in [1.807, 2.05) is 24.3 Å². The summed E-state index contributed by atoms with van der Waals surface area (Å²) in [6, 6.07) is 7.77. The molecule has 96 valence electrons. The highest BCUT2D eigenvalue weighted by molar-refractivity contribution is 5.62. The maximum absolute atomic E-state index is 5.63. The van der Waals surface area contributed by atoms with Crippen LogP contribution >= 0.6 is 0 Å². The van der Waals surface area contributed by atoms with Crippen molar-refractivity contribution in [1.82, 2.24) is 9.97 Å². The van der Waals surface area contributed by atoms with E-state index < -0.39 is 0 Å². The lowest BCUT2D eigenvalue weighted by Crippen LogP contribution is -2.04. The molecule has 0 fully saturated rings. The number of benzene rings is 1. The summed E-state index contributed by atoms with van der Waals surface area (Å²) in [5.41, 5.74) is 8.48. The van der Waals surface area contributed by atoms with Crippen molar-refractivity contribution in [2.75, 3.05) is 20.3 Å². The van der Waals surface area contributed by atoms with Gasteiger partial charge in [-0.3, -0.25) is 0 Å². The first-order valence-electron chi connectivity index (χ1n) is 5.79. The number of aromatic amines is 1. The maximum atomic E-state index is 5.63. The van der Waals surface area contributed by atoms with E-state index in [-0.39, 0.29) is 0 Å². The first kappa shape index (κ1) is 12.6. The quantitative estimate of drug-likeness (QED) is 0.760. The van der Waals surface area contributed by atoms with Crippen LogP contribution in [0.4, 0.5) is 0 Å². The van der Waals surface area contributed by atoms with E-state index in [9.17, 15) is 0 Å². The SMILES string of the molecule is COCCOc1ccc(-c2nc[nH]c2CN)cc1. The minimum absolute atomic E-state index is 0.446. The third kappa shape index (κ3) is 2.88. The number of nitrogens with zero attached hydrogens (tertiary/aromatic N) is 1. The van der Waals surface area contributed by atoms with Crippen LogP contribution in [0.15, 0.2) is 30.6 Å². The van der Waals surface area contributed by atoms with Crippen LogP contribution in [0.2, 0.25) is 0 Å². The van der Waals surface area contributed by atoms with Crippen LogP contribution in [-0.4, -0.2) is 30.3 Å². The molecule has 1 aromatic heterocycles. The number of methoxy groups -OCH3 is 1. The van der Waals surface area contributed by atoms with Gasteiger partial charge in [0.05, 0.1) is 24.3 Å². The highest BCUT2D eigenvalue weighted by Crippen LogP contribution is 2.22. The van der Waals surface area contributed by atoms with Gasteiger partial charge < -0.3 is 20.2 Å². The number of imidazole rings is 1. The lowest BCUT2D eigenvalue weighted by atomic mass is 10.1. The largest absolute Gasteiger partial charge is 0.491 e. The number of hydrogen-bond acceptors (Lipinski definition) is 4. The standard InChI is InChI=1S/C13H17N3O2/c1-17-6-7-18-11-4-2-10(3-5-11)13-12(8-14)15-9-16-13/h2-5,9H,6-8,14H2,1H3,(H,15,16). The Morgan fingerprint density at radius 3 is 2.67 bits per heavy atom. The number of ether oxygens (including phenoxy) is 2. The molecule has 0 aliphatic heterocycles. The summed E-state index contributed by atoms with van der Waals surface area (Å²) in [5, 5.41) is 0. The fourth-order valence-corrected chi connectivity index (χ4v) is 1.68. The van der Waals surface area contributed by atoms with E-state index in [4.69, 9.17) is 15.2 Å². The Hall–Kier alpha value is -1.85. The number of nitrogens with one attached hydrogen (secondary N) is 1. The molecule has 1 heterocycles. The fraction of sp³-hybridized carbons (Fsp3) is 0.308. The zero-order valence-corrected chi connectivity index (χ0v) is 10.3. The van der Waals surface area contributed by atoms with Crippen LogP contribution < -0.4 is 10.5 Å². The second kappa shape index (κ2) is 6.18. The zero-order valence-electron chi connectivity index (χ0n) is 10.3. The summed E-state index contributed by atoms with van der Waals surface area (Å²) < 4.78 is 10.4. The summed E-state index contributed by atoms with van der Waals surface area (Å²) in [4.78, 5) is 7.29. The van der Waals surface area contributed by atoms with Crippen LogP contribution in [0, 0.1) is 0 Å². The van der Waals surface area contributed by atoms with Crippen molar-refractivity contribution >= 4 is 0 Å². The lowest BCUT2D eigenvalue weighted by Gasteiger charge is -2.06. The number of hydrogen-bond donors (Lipinski definition) is 2. The van der Waals surface area contributed by atoms with Gasteiger partial charge in [0.1, 0.15) is 12.4 Å². The zero-order chi connectivity index (χ0) is 12.8. The van der Waals surface area contributed by atoms with Gasteiger partial charge >= 0.3 is 0 Å². The fourth-order valence-electron chi connectivity index (χ4n) is 1.68. The van der Waals surface area contributed by atoms with Crippen LogP contribution in [0.1, 0.15) is 5.69 Å². The summed E-state index contributed by atoms with van der Waals surface area (Å²) in [5.74, 6) is 0.820. The number of nitrogens with two attached hydrogens (primary N) is 1. The summed E-state index contributed by atoms with van der Waals surface area (Å²) in [6.07, 6.45) is 1.65. The molecular weight excluding hydrogens is 230 g/mol. The number of aromatic nitrogens is 2. The Kier molecular flexibility index (Phi) is 4.33. The number of rotatable bonds is 6. The molecule has 18 heavy (non-hydrogen) atoms. The molecule has 1 aromatic carbocycles. The first-order chi connectivity index (χ1) is 8.85. The maximum Gasteiger partial charge on any atom is 0.119 e. The predicted molar refractivity (Wildman–Crippen MR) is 69.3 cm³/mol. The Balaban J connectivity index is 2.07. The monoisotopic (exact) mass is 247 g/mol. The molecule has 3 N–H and O–H groups in total. The average molecular weight is 247 g/mol. The Morgan fingerprint density at radius 1 is 1.22 bits per heavy atom. The third-order valence-electron chi connectivity index (χ3n) is 2.61. The van der Waals surface area contributed by atoms with Gasteiger partial charge in [-0.25, -0.2) is 4.98 Å². The summed E-state index contributed by atoms with van der Waals surface area (Å²) in [6.45, 7) is 1.58. The highest BCUT2D eigenvalue weighted by atomic mass is 16.5. The molecule has 5 heteroatoms. The molecule has 0 amide bonds. The van der Waals surface area contributed by atoms with Crippen LogP contribution in [0.5, 0.6) is 5.75 Å². The highest BCUT2D eigenvalue weighted by Gasteiger charge is 2.06. The summed E-state index contributed by atoms with van der Waals surface area (Å²) in [7, 11) is 1.65. The van der Waals surface area contributed by atoms with Crippen molar-refractivity contribution < 1.29 is 9.47 Å². The van der Waals surface area contributed by atoms with Gasteiger partial charge in [-0.15, -0.1) is 0 Å². The third-order valence-corrected chi connectivity index (χ3v) is 2.61. The molecule has 0 unspecified atom stereocenters. The molecule has 5 nitrogen and oxygen atoms in total. The molecule has 0 bridgehead atoms. The topological polar surface area (TPSA) is 73.2 Å². The van der Waals surface area contributed by atoms with Crippen LogP contribution in [0.3, 0.4) is 0 Å². The molecule has 0 aliphatic rings. The lowest BCUT2D eigenvalue weighted by molar-refractivity contribution is 0.146. The Bertz CT molecular complexity index is 479. The molecule has 0 spiro atoms. The minimum atomic E-state index is 0.446. The summed E-state index contributed by atoms with van der Waals surface area (Å²) >= 11 is 0. The van der Waals surface area contributed by atoms with E-state index in [2.05, 4.69) is 9.97 Å². The van der Waals surface area contributed by atoms with Crippen molar-refractivity contribution in [3.05, 3.63) is 36.3 Å². The van der Waals surface area contributed by atoms with E-state index in [1.165, 1.54) is 0 Å². The van der Waals surface area contributed by atoms with Gasteiger partial charge in [-0.2, -0.15) is 0 Å². The van der Waals surface area contributed by atoms with Crippen molar-refractivity contribution in [3.8, 4) is 17.0 Å². The average Bonchev–Trinajstić information content (AvgIpc) is 2.88. The van der Waals surface area contributed by atoms with E-state index >= 15 is 0 Å². The molecule has 2 aromatic rings. The van der Waals surface area contributed by atoms with Crippen LogP contribution in [0.25, 0.3) is 11.3 Å². The molecule has 0 saturated heterocycles. The van der Waals surface area contributed by atoms with E-state index in [0.29, 0.717) is 19.8 Å². The number of H-pyrrole nitrogens is 1. The van der Waals surface area contributed by atoms with Crippen molar-refractivity contribution in [2.24, 2.45) is 5.73 Å². The molecule has 0 atom stereocenters. The van der Waals surface area contributed by atoms with Gasteiger partial charge in [-0.1, -0.05) is 0 Å². The van der Waals surface area contributed by atoms with Gasteiger partial charge in [0.15, 0.2) is 0 Å². The smallest absolute Gasteiger partial charge is 0.119 e. The van der Waals surface area contributed by atoms with E-state index in [1.54, 1.807) is 13.4 Å². The second-order valence-corrected chi connectivity index (χ2v) is 3.80. The first-order valence-corrected chi connectivity index (χ1v) is 5.79. The molecule has 0 aliphatic carbocycles. The second-order valence-electron chi connectivity index (χ2n) is 3.80. The van der Waals surface area contributed by atoms with Crippen molar-refractivity contribution in [1.29, 1.82) is 0 Å². The molecule has 2 rings (SSSR count). The van der Waals surface area contributed by atoms with Gasteiger partial charge in [0.25, 0.3) is 0 Å². The normalized spacial score (nSPS) is 10.6. The predicted octanol–water partition coefficient (Wildman–Crippen LogP) is 1.56. The van der Waals surface area contributed by atoms with Crippen molar-refractivity contribution in [3.63, 3.8) is 0 Å². The Morgan fingerprint density at radius 2 is 2.00 bits per heavy atom.